The number of benzene rings is 1. The molecule has 2 heteroatoms. The third-order valence-electron chi connectivity index (χ3n) is 1.75. The van der Waals surface area contributed by atoms with Crippen LogP contribution < -0.4 is 0 Å². The molecule has 0 bridgehead atoms. The minimum Gasteiger partial charge on any atom is -0.237 e. The van der Waals surface area contributed by atoms with Gasteiger partial charge in [-0.05, 0) is 37.0 Å². The molecule has 0 aliphatic heterocycles. The lowest BCUT2D eigenvalue weighted by molar-refractivity contribution is 0.187. The summed E-state index contributed by atoms with van der Waals surface area (Å²) in [6.07, 6.45) is 2.80. The number of hydrogen-bond acceptors (Lipinski definition) is 0. The Bertz CT molecular complexity index is 235. The Hall–Kier alpha value is -0.340. The molecule has 0 atom stereocenters. The standard InChI is InChI=1S/C10H12BrO/c11-10-6-3-5-9(8-10)4-1-2-7-12/h3,5-6,8H,1-2,4,7H2. The molecule has 0 amide bonds. The van der Waals surface area contributed by atoms with E-state index in [1.807, 2.05) is 12.1 Å². The second-order valence-corrected chi connectivity index (χ2v) is 3.71. The Morgan fingerprint density at radius 1 is 1.25 bits per heavy atom. The summed E-state index contributed by atoms with van der Waals surface area (Å²) in [6, 6.07) is 8.23. The van der Waals surface area contributed by atoms with Gasteiger partial charge in [0, 0.05) is 4.47 Å². The fourth-order valence-electron chi connectivity index (χ4n) is 1.12. The van der Waals surface area contributed by atoms with Gasteiger partial charge >= 0.3 is 0 Å². The van der Waals surface area contributed by atoms with E-state index in [0.29, 0.717) is 0 Å². The lowest BCUT2D eigenvalue weighted by atomic mass is 10.1. The smallest absolute Gasteiger partial charge is 0.0822 e. The predicted octanol–water partition coefficient (Wildman–Crippen LogP) is 3.20. The summed E-state index contributed by atoms with van der Waals surface area (Å²) in [5.74, 6) is 0. The van der Waals surface area contributed by atoms with Gasteiger partial charge in [0.15, 0.2) is 0 Å². The van der Waals surface area contributed by atoms with Crippen LogP contribution in [0.1, 0.15) is 18.4 Å². The number of hydrogen-bond donors (Lipinski definition) is 0. The molecule has 0 unspecified atom stereocenters. The van der Waals surface area contributed by atoms with Crippen molar-refractivity contribution in [1.82, 2.24) is 0 Å². The maximum absolute atomic E-state index is 10.2. The van der Waals surface area contributed by atoms with Gasteiger partial charge in [-0.15, -0.1) is 0 Å². The van der Waals surface area contributed by atoms with E-state index in [-0.39, 0.29) is 6.61 Å². The first-order chi connectivity index (χ1) is 5.83. The van der Waals surface area contributed by atoms with E-state index in [1.165, 1.54) is 5.56 Å². The Kier molecular flexibility index (Phi) is 4.33. The summed E-state index contributed by atoms with van der Waals surface area (Å²) >= 11 is 3.41. The molecule has 12 heavy (non-hydrogen) atoms. The van der Waals surface area contributed by atoms with Gasteiger partial charge in [0.05, 0.1) is 6.61 Å². The maximum Gasteiger partial charge on any atom is 0.0822 e. The Balaban J connectivity index is 2.41. The van der Waals surface area contributed by atoms with Crippen LogP contribution in [-0.2, 0) is 11.5 Å². The normalized spacial score (nSPS) is 10.2. The molecule has 1 rings (SSSR count). The van der Waals surface area contributed by atoms with E-state index in [9.17, 15) is 5.11 Å². The summed E-state index contributed by atoms with van der Waals surface area (Å²) in [7, 11) is 0. The van der Waals surface area contributed by atoms with Crippen LogP contribution in [0.2, 0.25) is 0 Å². The first-order valence-corrected chi connectivity index (χ1v) is 4.95. The molecule has 0 saturated heterocycles. The number of halogens is 1. The molecule has 0 spiro atoms. The summed E-state index contributed by atoms with van der Waals surface area (Å²) in [5.41, 5.74) is 1.30. The molecule has 0 N–H and O–H groups in total. The number of aryl methyl sites for hydroxylation is 1. The van der Waals surface area contributed by atoms with E-state index >= 15 is 0 Å². The monoisotopic (exact) mass is 227 g/mol. The van der Waals surface area contributed by atoms with Crippen molar-refractivity contribution in [2.24, 2.45) is 0 Å². The van der Waals surface area contributed by atoms with Crippen molar-refractivity contribution in [1.29, 1.82) is 0 Å². The Morgan fingerprint density at radius 2 is 2.08 bits per heavy atom. The van der Waals surface area contributed by atoms with Crippen LogP contribution in [0.5, 0.6) is 0 Å². The molecule has 0 heterocycles. The van der Waals surface area contributed by atoms with Crippen molar-refractivity contribution in [3.05, 3.63) is 34.3 Å². The summed E-state index contributed by atoms with van der Waals surface area (Å²) in [5, 5.41) is 10.2. The summed E-state index contributed by atoms with van der Waals surface area (Å²) in [4.78, 5) is 0. The quantitative estimate of drug-likeness (QED) is 0.705. The van der Waals surface area contributed by atoms with E-state index in [1.54, 1.807) is 0 Å². The number of unbranched alkanes of at least 4 members (excludes halogenated alkanes) is 1. The largest absolute Gasteiger partial charge is 0.237 e. The predicted molar refractivity (Wildman–Crippen MR) is 52.6 cm³/mol. The molecule has 0 aliphatic rings. The number of rotatable bonds is 4. The van der Waals surface area contributed by atoms with Gasteiger partial charge < -0.3 is 0 Å². The van der Waals surface area contributed by atoms with Crippen LogP contribution in [0.15, 0.2) is 28.7 Å². The highest BCUT2D eigenvalue weighted by Crippen LogP contribution is 2.13. The second kappa shape index (κ2) is 5.33. The third kappa shape index (κ3) is 3.37. The highest BCUT2D eigenvalue weighted by Gasteiger charge is 1.93. The van der Waals surface area contributed by atoms with Crippen molar-refractivity contribution in [3.63, 3.8) is 0 Å². The first kappa shape index (κ1) is 9.75. The van der Waals surface area contributed by atoms with Crippen LogP contribution in [0.25, 0.3) is 0 Å². The van der Waals surface area contributed by atoms with Gasteiger partial charge in [-0.25, -0.2) is 5.11 Å². The zero-order valence-corrected chi connectivity index (χ0v) is 8.51. The molecule has 1 aromatic carbocycles. The zero-order valence-electron chi connectivity index (χ0n) is 6.92. The van der Waals surface area contributed by atoms with Crippen LogP contribution in [0, 0.1) is 0 Å². The molecule has 0 aliphatic carbocycles. The SMILES string of the molecule is [O]CCCCc1cccc(Br)c1. The molecule has 65 valence electrons. The third-order valence-corrected chi connectivity index (χ3v) is 2.24. The minimum atomic E-state index is 0.0496. The van der Waals surface area contributed by atoms with E-state index in [0.717, 1.165) is 23.7 Å². The fourth-order valence-corrected chi connectivity index (χ4v) is 1.57. The van der Waals surface area contributed by atoms with Crippen LogP contribution in [0.4, 0.5) is 0 Å². The highest BCUT2D eigenvalue weighted by atomic mass is 79.9. The average molecular weight is 228 g/mol. The summed E-state index contributed by atoms with van der Waals surface area (Å²) in [6.45, 7) is 0.0496. The molecule has 1 nitrogen and oxygen atoms in total. The zero-order chi connectivity index (χ0) is 8.81. The van der Waals surface area contributed by atoms with Gasteiger partial charge in [0.2, 0.25) is 0 Å². The van der Waals surface area contributed by atoms with Gasteiger partial charge in [-0.3, -0.25) is 0 Å². The van der Waals surface area contributed by atoms with Crippen LogP contribution in [-0.4, -0.2) is 6.61 Å². The molecular weight excluding hydrogens is 216 g/mol. The summed E-state index contributed by atoms with van der Waals surface area (Å²) < 4.78 is 1.11. The van der Waals surface area contributed by atoms with Crippen molar-refractivity contribution < 1.29 is 5.11 Å². The lowest BCUT2D eigenvalue weighted by Gasteiger charge is -1.99. The fraction of sp³-hybridized carbons (Fsp3) is 0.400. The lowest BCUT2D eigenvalue weighted by Crippen LogP contribution is -1.87. The van der Waals surface area contributed by atoms with E-state index < -0.39 is 0 Å². The van der Waals surface area contributed by atoms with Gasteiger partial charge in [0.1, 0.15) is 0 Å². The van der Waals surface area contributed by atoms with Gasteiger partial charge in [-0.1, -0.05) is 28.1 Å². The first-order valence-electron chi connectivity index (χ1n) is 4.15. The van der Waals surface area contributed by atoms with Crippen molar-refractivity contribution in [2.75, 3.05) is 6.61 Å². The van der Waals surface area contributed by atoms with Gasteiger partial charge in [-0.2, -0.15) is 0 Å². The molecular formula is C10H12BrO. The molecule has 0 saturated carbocycles. The molecule has 1 radical (unpaired) electrons. The topological polar surface area (TPSA) is 19.9 Å². The average Bonchev–Trinajstić information content (AvgIpc) is 2.05. The van der Waals surface area contributed by atoms with E-state index in [4.69, 9.17) is 0 Å². The highest BCUT2D eigenvalue weighted by molar-refractivity contribution is 9.10. The Labute approximate surface area is 81.6 Å². The maximum atomic E-state index is 10.2. The molecule has 0 fully saturated rings. The van der Waals surface area contributed by atoms with Crippen LogP contribution >= 0.6 is 15.9 Å². The van der Waals surface area contributed by atoms with Crippen molar-refractivity contribution >= 4 is 15.9 Å². The molecule has 1 aromatic rings. The van der Waals surface area contributed by atoms with E-state index in [2.05, 4.69) is 28.1 Å². The van der Waals surface area contributed by atoms with Crippen molar-refractivity contribution in [3.8, 4) is 0 Å². The Morgan fingerprint density at radius 3 is 2.75 bits per heavy atom. The second-order valence-electron chi connectivity index (χ2n) is 2.79. The van der Waals surface area contributed by atoms with Gasteiger partial charge in [0.25, 0.3) is 0 Å². The van der Waals surface area contributed by atoms with Crippen molar-refractivity contribution in [2.45, 2.75) is 19.3 Å². The minimum absolute atomic E-state index is 0.0496. The molecule has 0 aromatic heterocycles. The van der Waals surface area contributed by atoms with Crippen LogP contribution in [0.3, 0.4) is 0 Å².